The van der Waals surface area contributed by atoms with E-state index in [4.69, 9.17) is 34.8 Å². The van der Waals surface area contributed by atoms with E-state index in [9.17, 15) is 26.3 Å². The first-order chi connectivity index (χ1) is 7.46. The molecule has 0 radical (unpaired) electrons. The molecule has 13 heteroatoms. The number of halogens is 12. The normalized spacial score (nSPS) is 21.3. The van der Waals surface area contributed by atoms with Gasteiger partial charge in [0.05, 0.1) is 0 Å². The molecule has 0 spiro atoms. The minimum absolute atomic E-state index is 3.07. The Hall–Kier alpha value is 1.28. The van der Waals surface area contributed by atoms with E-state index in [1.54, 1.807) is 0 Å². The van der Waals surface area contributed by atoms with Gasteiger partial charge in [0.1, 0.15) is 0 Å². The van der Waals surface area contributed by atoms with Crippen molar-refractivity contribution in [3.63, 3.8) is 0 Å². The van der Waals surface area contributed by atoms with Crippen LogP contribution >= 0.6 is 69.6 Å². The van der Waals surface area contributed by atoms with Crippen LogP contribution in [0.5, 0.6) is 0 Å². The van der Waals surface area contributed by atoms with Crippen LogP contribution < -0.4 is 0 Å². The van der Waals surface area contributed by atoms with Crippen LogP contribution in [0.1, 0.15) is 0 Å². The van der Waals surface area contributed by atoms with Crippen LogP contribution in [0.25, 0.3) is 0 Å². The highest BCUT2D eigenvalue weighted by Crippen LogP contribution is 2.55. The summed E-state index contributed by atoms with van der Waals surface area (Å²) in [5.74, 6) is -5.88. The molecule has 0 N–H and O–H groups in total. The van der Waals surface area contributed by atoms with Gasteiger partial charge in [-0.3, -0.25) is 4.74 Å². The molecule has 110 valence electrons. The fraction of sp³-hybridized carbons (Fsp3) is 1.00. The Balaban J connectivity index is 5.33. The molecule has 0 saturated heterocycles. The topological polar surface area (TPSA) is 9.23 Å². The summed E-state index contributed by atoms with van der Waals surface area (Å²) < 4.78 is 76.0. The largest absolute Gasteiger partial charge is 0.396 e. The minimum Gasteiger partial charge on any atom is -0.275 e. The molecule has 0 aromatic heterocycles. The van der Waals surface area contributed by atoms with Crippen LogP contribution in [0.15, 0.2) is 0 Å². The zero-order chi connectivity index (χ0) is 15.2. The molecule has 18 heavy (non-hydrogen) atoms. The number of ether oxygens (including phenoxy) is 1. The Morgan fingerprint density at radius 3 is 1.17 bits per heavy atom. The third-order valence-corrected chi connectivity index (χ3v) is 3.24. The summed E-state index contributed by atoms with van der Waals surface area (Å²) >= 11 is 27.2. The lowest BCUT2D eigenvalue weighted by Crippen LogP contribution is -2.56. The second-order valence-corrected chi connectivity index (χ2v) is 6.43. The van der Waals surface area contributed by atoms with Crippen molar-refractivity contribution in [3.8, 4) is 0 Å². The lowest BCUT2D eigenvalue weighted by atomic mass is 10.3. The van der Waals surface area contributed by atoms with Crippen molar-refractivity contribution in [3.05, 3.63) is 0 Å². The summed E-state index contributed by atoms with van der Waals surface area (Å²) in [6.45, 7) is 0. The van der Waals surface area contributed by atoms with Crippen molar-refractivity contribution in [2.75, 3.05) is 0 Å². The van der Waals surface area contributed by atoms with Gasteiger partial charge in [-0.15, -0.1) is 0 Å². The summed E-state index contributed by atoms with van der Waals surface area (Å²) in [6.07, 6.45) is 0. The maximum Gasteiger partial charge on any atom is 0.396 e. The summed E-state index contributed by atoms with van der Waals surface area (Å²) in [5.41, 5.74) is 0. The predicted molar refractivity (Wildman–Crippen MR) is 56.5 cm³/mol. The first kappa shape index (κ1) is 19.3. The summed E-state index contributed by atoms with van der Waals surface area (Å²) in [5, 5.41) is -15.0. The molecule has 0 saturated carbocycles. The smallest absolute Gasteiger partial charge is 0.275 e. The molecule has 0 bridgehead atoms. The fourth-order valence-electron chi connectivity index (χ4n) is 0.448. The van der Waals surface area contributed by atoms with E-state index < -0.39 is 25.7 Å². The Kier molecular flexibility index (Phi) is 5.61. The molecule has 2 atom stereocenters. The SMILES string of the molecule is FC(F)(Cl)C(F)(F)C(F)(Cl)OC(F)(Cl)C(Cl)(Cl)Cl. The van der Waals surface area contributed by atoms with Crippen LogP contribution in [-0.2, 0) is 4.74 Å². The van der Waals surface area contributed by atoms with Crippen LogP contribution in [0.2, 0.25) is 0 Å². The molecular formula is C5Cl6F6O. The van der Waals surface area contributed by atoms with Crippen molar-refractivity contribution >= 4 is 69.6 Å². The van der Waals surface area contributed by atoms with E-state index in [2.05, 4.69) is 39.5 Å². The van der Waals surface area contributed by atoms with Crippen molar-refractivity contribution in [1.82, 2.24) is 0 Å². The highest BCUT2D eigenvalue weighted by atomic mass is 35.6. The van der Waals surface area contributed by atoms with Gasteiger partial charge in [0.2, 0.25) is 0 Å². The second kappa shape index (κ2) is 5.24. The maximum absolute atomic E-state index is 13.2. The molecule has 0 amide bonds. The maximum atomic E-state index is 13.2. The van der Waals surface area contributed by atoms with E-state index in [-0.39, 0.29) is 0 Å². The number of alkyl halides is 12. The Morgan fingerprint density at radius 1 is 0.611 bits per heavy atom. The van der Waals surface area contributed by atoms with Gasteiger partial charge in [-0.25, -0.2) is 0 Å². The van der Waals surface area contributed by atoms with Gasteiger partial charge in [-0.2, -0.15) is 26.3 Å². The number of hydrogen-bond acceptors (Lipinski definition) is 1. The molecule has 1 nitrogen and oxygen atoms in total. The lowest BCUT2D eigenvalue weighted by molar-refractivity contribution is -0.320. The Bertz CT molecular complexity index is 309. The molecule has 0 aliphatic carbocycles. The third-order valence-electron chi connectivity index (χ3n) is 1.31. The second-order valence-electron chi connectivity index (χ2n) is 2.71. The molecule has 0 aliphatic heterocycles. The first-order valence-corrected chi connectivity index (χ1v) is 5.69. The third kappa shape index (κ3) is 3.90. The van der Waals surface area contributed by atoms with Gasteiger partial charge in [0.25, 0.3) is 3.79 Å². The molecule has 2 unspecified atom stereocenters. The molecule has 0 aromatic carbocycles. The van der Waals surface area contributed by atoms with Crippen LogP contribution in [-0.4, -0.2) is 25.7 Å². The van der Waals surface area contributed by atoms with E-state index in [1.807, 2.05) is 0 Å². The molecule has 0 fully saturated rings. The van der Waals surface area contributed by atoms with Crippen LogP contribution in [0, 0.1) is 0 Å². The van der Waals surface area contributed by atoms with E-state index >= 15 is 0 Å². The van der Waals surface area contributed by atoms with E-state index in [1.165, 1.54) is 0 Å². The van der Waals surface area contributed by atoms with Crippen molar-refractivity contribution in [2.45, 2.75) is 25.7 Å². The van der Waals surface area contributed by atoms with Gasteiger partial charge in [0, 0.05) is 0 Å². The van der Waals surface area contributed by atoms with Gasteiger partial charge in [-0.05, 0) is 34.8 Å². The molecule has 0 heterocycles. The van der Waals surface area contributed by atoms with Crippen LogP contribution in [0.4, 0.5) is 26.3 Å². The first-order valence-electron chi connectivity index (χ1n) is 3.43. The number of hydrogen-bond donors (Lipinski definition) is 0. The van der Waals surface area contributed by atoms with Gasteiger partial charge >= 0.3 is 21.9 Å². The molecule has 0 aromatic rings. The summed E-state index contributed by atoms with van der Waals surface area (Å²) in [7, 11) is 0. The molecular weight excluding hydrogens is 403 g/mol. The zero-order valence-electron chi connectivity index (χ0n) is 7.44. The standard InChI is InChI=1S/C5Cl6F6O/c6-2(7,8)5(11,17)18-4(10,16)1(12,13)3(9,14)15. The average Bonchev–Trinajstić information content (AvgIpc) is 1.96. The summed E-state index contributed by atoms with van der Waals surface area (Å²) in [6, 6.07) is 0. The van der Waals surface area contributed by atoms with Gasteiger partial charge in [0.15, 0.2) is 0 Å². The lowest BCUT2D eigenvalue weighted by Gasteiger charge is -2.35. The Morgan fingerprint density at radius 2 is 0.944 bits per heavy atom. The van der Waals surface area contributed by atoms with E-state index in [0.29, 0.717) is 0 Å². The van der Waals surface area contributed by atoms with Crippen molar-refractivity contribution in [1.29, 1.82) is 0 Å². The minimum atomic E-state index is -5.88. The zero-order valence-corrected chi connectivity index (χ0v) is 12.0. The molecule has 0 rings (SSSR count). The van der Waals surface area contributed by atoms with Crippen molar-refractivity contribution < 1.29 is 31.1 Å². The fourth-order valence-corrected chi connectivity index (χ4v) is 1.10. The number of rotatable bonds is 4. The summed E-state index contributed by atoms with van der Waals surface area (Å²) in [4.78, 5) is 0. The van der Waals surface area contributed by atoms with Crippen molar-refractivity contribution in [2.24, 2.45) is 0 Å². The van der Waals surface area contributed by atoms with Gasteiger partial charge in [-0.1, -0.05) is 34.8 Å². The molecule has 0 aliphatic rings. The average molecular weight is 403 g/mol. The quantitative estimate of drug-likeness (QED) is 0.441. The Labute approximate surface area is 126 Å². The van der Waals surface area contributed by atoms with E-state index in [0.717, 1.165) is 0 Å². The highest BCUT2D eigenvalue weighted by molar-refractivity contribution is 6.70. The predicted octanol–water partition coefficient (Wildman–Crippen LogP) is 5.56. The van der Waals surface area contributed by atoms with Crippen LogP contribution in [0.3, 0.4) is 0 Å². The highest BCUT2D eigenvalue weighted by Gasteiger charge is 2.74. The van der Waals surface area contributed by atoms with Gasteiger partial charge < -0.3 is 0 Å². The monoisotopic (exact) mass is 400 g/mol.